The summed E-state index contributed by atoms with van der Waals surface area (Å²) in [6.45, 7) is 1.85. The highest BCUT2D eigenvalue weighted by Crippen LogP contribution is 2.14. The normalized spacial score (nSPS) is 17.1. The molecule has 2 aromatic heterocycles. The Morgan fingerprint density at radius 1 is 1.43 bits per heavy atom. The van der Waals surface area contributed by atoms with Gasteiger partial charge in [-0.05, 0) is 18.9 Å². The number of carbonyl (C=O) groups excluding carboxylic acids is 1. The van der Waals surface area contributed by atoms with E-state index >= 15 is 0 Å². The summed E-state index contributed by atoms with van der Waals surface area (Å²) in [5.41, 5.74) is 1.50. The first-order chi connectivity index (χ1) is 11.3. The van der Waals surface area contributed by atoms with Gasteiger partial charge in [-0.1, -0.05) is 0 Å². The van der Waals surface area contributed by atoms with Crippen LogP contribution in [0.4, 0.5) is 0 Å². The summed E-state index contributed by atoms with van der Waals surface area (Å²) in [6, 6.07) is 3.42. The standard InChI is InChI=1S/C16H20N4O3/c21-16(18-6-5-13-9-17-11-20-13)12-3-4-15(19-8-12)23-10-14-2-1-7-22-14/h3-4,8-9,11,14H,1-2,5-7,10H2,(H,17,20)(H,18,21)/t14-/m0/s1. The molecule has 1 aliphatic heterocycles. The van der Waals surface area contributed by atoms with Crippen molar-refractivity contribution in [2.45, 2.75) is 25.4 Å². The molecule has 1 amide bonds. The van der Waals surface area contributed by atoms with Crippen molar-refractivity contribution in [3.8, 4) is 5.88 Å². The molecular weight excluding hydrogens is 296 g/mol. The number of nitrogens with one attached hydrogen (secondary N) is 2. The molecule has 1 fully saturated rings. The zero-order valence-corrected chi connectivity index (χ0v) is 12.8. The van der Waals surface area contributed by atoms with Gasteiger partial charge in [0.2, 0.25) is 5.88 Å². The van der Waals surface area contributed by atoms with Crippen molar-refractivity contribution in [2.24, 2.45) is 0 Å². The number of carbonyl (C=O) groups is 1. The molecule has 2 N–H and O–H groups in total. The van der Waals surface area contributed by atoms with Gasteiger partial charge in [0.25, 0.3) is 5.91 Å². The van der Waals surface area contributed by atoms with Crippen molar-refractivity contribution in [3.63, 3.8) is 0 Å². The number of ether oxygens (including phenoxy) is 2. The van der Waals surface area contributed by atoms with Crippen LogP contribution in [0.25, 0.3) is 0 Å². The van der Waals surface area contributed by atoms with E-state index in [0.717, 1.165) is 25.1 Å². The van der Waals surface area contributed by atoms with E-state index in [4.69, 9.17) is 9.47 Å². The second-order valence-electron chi connectivity index (χ2n) is 5.41. The first kappa shape index (κ1) is 15.5. The Labute approximate surface area is 134 Å². The quantitative estimate of drug-likeness (QED) is 0.804. The number of rotatable bonds is 7. The van der Waals surface area contributed by atoms with E-state index in [1.165, 1.54) is 6.20 Å². The molecule has 0 spiro atoms. The first-order valence-electron chi connectivity index (χ1n) is 7.77. The summed E-state index contributed by atoms with van der Waals surface area (Å²) in [6.07, 6.45) is 7.86. The van der Waals surface area contributed by atoms with Crippen LogP contribution in [0.5, 0.6) is 5.88 Å². The van der Waals surface area contributed by atoms with Crippen LogP contribution in [0.3, 0.4) is 0 Å². The lowest BCUT2D eigenvalue weighted by Gasteiger charge is -2.10. The van der Waals surface area contributed by atoms with Gasteiger partial charge < -0.3 is 19.8 Å². The average molecular weight is 316 g/mol. The van der Waals surface area contributed by atoms with E-state index < -0.39 is 0 Å². The summed E-state index contributed by atoms with van der Waals surface area (Å²) < 4.78 is 11.1. The number of amides is 1. The SMILES string of the molecule is O=C(NCCc1cnc[nH]1)c1ccc(OC[C@@H]2CCCO2)nc1. The molecule has 1 saturated heterocycles. The Morgan fingerprint density at radius 3 is 3.09 bits per heavy atom. The maximum absolute atomic E-state index is 12.0. The lowest BCUT2D eigenvalue weighted by Crippen LogP contribution is -2.25. The maximum atomic E-state index is 12.0. The minimum atomic E-state index is -0.150. The van der Waals surface area contributed by atoms with Crippen LogP contribution in [0, 0.1) is 0 Å². The molecule has 122 valence electrons. The Morgan fingerprint density at radius 2 is 2.39 bits per heavy atom. The molecule has 0 radical (unpaired) electrons. The number of H-pyrrole nitrogens is 1. The predicted molar refractivity (Wildman–Crippen MR) is 83.3 cm³/mol. The lowest BCUT2D eigenvalue weighted by molar-refractivity contribution is 0.0663. The molecule has 0 saturated carbocycles. The fourth-order valence-electron chi connectivity index (χ4n) is 2.39. The van der Waals surface area contributed by atoms with Crippen LogP contribution in [-0.2, 0) is 11.2 Å². The second-order valence-corrected chi connectivity index (χ2v) is 5.41. The third kappa shape index (κ3) is 4.53. The van der Waals surface area contributed by atoms with Gasteiger partial charge in [0.1, 0.15) is 6.61 Å². The topological polar surface area (TPSA) is 89.1 Å². The molecule has 0 aliphatic carbocycles. The fourth-order valence-corrected chi connectivity index (χ4v) is 2.39. The highest BCUT2D eigenvalue weighted by Gasteiger charge is 2.16. The molecule has 0 bridgehead atoms. The minimum absolute atomic E-state index is 0.150. The highest BCUT2D eigenvalue weighted by molar-refractivity contribution is 5.93. The van der Waals surface area contributed by atoms with Crippen molar-refractivity contribution in [3.05, 3.63) is 42.1 Å². The van der Waals surface area contributed by atoms with Crippen LogP contribution >= 0.6 is 0 Å². The summed E-state index contributed by atoms with van der Waals surface area (Å²) in [4.78, 5) is 23.1. The molecule has 3 heterocycles. The van der Waals surface area contributed by atoms with E-state index in [2.05, 4.69) is 20.3 Å². The highest BCUT2D eigenvalue weighted by atomic mass is 16.5. The number of aromatic amines is 1. The van der Waals surface area contributed by atoms with E-state index in [9.17, 15) is 4.79 Å². The lowest BCUT2D eigenvalue weighted by atomic mass is 10.2. The Bertz CT molecular complexity index is 607. The van der Waals surface area contributed by atoms with Crippen LogP contribution in [-0.4, -0.2) is 46.7 Å². The Balaban J connectivity index is 1.43. The molecule has 23 heavy (non-hydrogen) atoms. The third-order valence-corrected chi connectivity index (χ3v) is 3.67. The smallest absolute Gasteiger partial charge is 0.252 e. The van der Waals surface area contributed by atoms with Crippen molar-refractivity contribution >= 4 is 5.91 Å². The van der Waals surface area contributed by atoms with Crippen LogP contribution < -0.4 is 10.1 Å². The number of imidazole rings is 1. The van der Waals surface area contributed by atoms with Gasteiger partial charge >= 0.3 is 0 Å². The molecule has 1 atom stereocenters. The number of hydrogen-bond donors (Lipinski definition) is 2. The van der Waals surface area contributed by atoms with Crippen molar-refractivity contribution < 1.29 is 14.3 Å². The second kappa shape index (κ2) is 7.73. The first-order valence-corrected chi connectivity index (χ1v) is 7.77. The molecule has 0 unspecified atom stereocenters. The van der Waals surface area contributed by atoms with Gasteiger partial charge in [-0.15, -0.1) is 0 Å². The van der Waals surface area contributed by atoms with Crippen LogP contribution in [0.1, 0.15) is 28.9 Å². The fraction of sp³-hybridized carbons (Fsp3) is 0.438. The zero-order chi connectivity index (χ0) is 15.9. The molecule has 2 aromatic rings. The Kier molecular flexibility index (Phi) is 5.21. The van der Waals surface area contributed by atoms with E-state index in [1.807, 2.05) is 0 Å². The van der Waals surface area contributed by atoms with Gasteiger partial charge in [0.15, 0.2) is 0 Å². The number of hydrogen-bond acceptors (Lipinski definition) is 5. The molecular formula is C16H20N4O3. The Hall–Kier alpha value is -2.41. The molecule has 7 heteroatoms. The third-order valence-electron chi connectivity index (χ3n) is 3.67. The largest absolute Gasteiger partial charge is 0.475 e. The van der Waals surface area contributed by atoms with Gasteiger partial charge in [-0.25, -0.2) is 9.97 Å². The zero-order valence-electron chi connectivity index (χ0n) is 12.8. The van der Waals surface area contributed by atoms with Gasteiger partial charge in [-0.2, -0.15) is 0 Å². The minimum Gasteiger partial charge on any atom is -0.475 e. The summed E-state index contributed by atoms with van der Waals surface area (Å²) in [5, 5.41) is 2.85. The molecule has 1 aliphatic rings. The molecule has 7 nitrogen and oxygen atoms in total. The predicted octanol–water partition coefficient (Wildman–Crippen LogP) is 1.33. The van der Waals surface area contributed by atoms with E-state index in [1.54, 1.807) is 24.7 Å². The molecule has 0 aromatic carbocycles. The maximum Gasteiger partial charge on any atom is 0.252 e. The van der Waals surface area contributed by atoms with Gasteiger partial charge in [0.05, 0.1) is 18.0 Å². The van der Waals surface area contributed by atoms with Gasteiger partial charge in [0, 0.05) is 43.7 Å². The number of aromatic nitrogens is 3. The van der Waals surface area contributed by atoms with Crippen LogP contribution in [0.15, 0.2) is 30.9 Å². The summed E-state index contributed by atoms with van der Waals surface area (Å²) >= 11 is 0. The number of nitrogens with zero attached hydrogens (tertiary/aromatic N) is 2. The van der Waals surface area contributed by atoms with Crippen LogP contribution in [0.2, 0.25) is 0 Å². The van der Waals surface area contributed by atoms with Crippen molar-refractivity contribution in [1.29, 1.82) is 0 Å². The van der Waals surface area contributed by atoms with E-state index in [0.29, 0.717) is 31.0 Å². The van der Waals surface area contributed by atoms with Crippen molar-refractivity contribution in [1.82, 2.24) is 20.3 Å². The molecule has 3 rings (SSSR count). The summed E-state index contributed by atoms with van der Waals surface area (Å²) in [7, 11) is 0. The van der Waals surface area contributed by atoms with Crippen molar-refractivity contribution in [2.75, 3.05) is 19.8 Å². The number of pyridine rings is 1. The summed E-state index contributed by atoms with van der Waals surface area (Å²) in [5.74, 6) is 0.359. The van der Waals surface area contributed by atoms with Gasteiger partial charge in [-0.3, -0.25) is 4.79 Å². The van der Waals surface area contributed by atoms with E-state index in [-0.39, 0.29) is 12.0 Å². The average Bonchev–Trinajstić information content (AvgIpc) is 3.27. The monoisotopic (exact) mass is 316 g/mol.